The molecule has 0 radical (unpaired) electrons. The van der Waals surface area contributed by atoms with Gasteiger partial charge in [0.25, 0.3) is 0 Å². The van der Waals surface area contributed by atoms with Crippen LogP contribution >= 0.6 is 33.9 Å². The van der Waals surface area contributed by atoms with Crippen LogP contribution in [0.15, 0.2) is 0 Å². The van der Waals surface area contributed by atoms with Gasteiger partial charge in [-0.15, -0.1) is 23.2 Å². The average molecular weight is 180 g/mol. The van der Waals surface area contributed by atoms with Crippen LogP contribution in [0.3, 0.4) is 0 Å². The summed E-state index contributed by atoms with van der Waals surface area (Å²) in [6.07, 6.45) is 0. The van der Waals surface area contributed by atoms with E-state index in [2.05, 4.69) is 0 Å². The normalized spacial score (nSPS) is 16.1. The van der Waals surface area contributed by atoms with E-state index in [4.69, 9.17) is 33.9 Å². The van der Waals surface area contributed by atoms with Crippen molar-refractivity contribution >= 4 is 47.8 Å². The second-order valence-corrected chi connectivity index (χ2v) is 3.44. The molecule has 0 aromatic heterocycles. The summed E-state index contributed by atoms with van der Waals surface area (Å²) in [5, 5.41) is 0. The van der Waals surface area contributed by atoms with Crippen molar-refractivity contribution < 1.29 is 4.21 Å². The van der Waals surface area contributed by atoms with Crippen LogP contribution in [0, 0.1) is 0 Å². The Morgan fingerprint density at radius 2 is 2.14 bits per heavy atom. The minimum atomic E-state index is -1.59. The Kier molecular flexibility index (Phi) is 4.33. The summed E-state index contributed by atoms with van der Waals surface area (Å²) in [7, 11) is 3.36. The Morgan fingerprint density at radius 3 is 2.14 bits per heavy atom. The average Bonchev–Trinajstić information content (AvgIpc) is 1.65. The molecule has 0 saturated heterocycles. The second-order valence-electron chi connectivity index (χ2n) is 0.712. The predicted octanol–water partition coefficient (Wildman–Crippen LogP) is 1.71. The van der Waals surface area contributed by atoms with Crippen LogP contribution in [0.1, 0.15) is 0 Å². The second kappa shape index (κ2) is 3.84. The standard InChI is InChI=1S/C2H2Cl3OS/c3-1-2(4)7(5)6/h1H2/q-1. The Morgan fingerprint density at radius 1 is 1.71 bits per heavy atom. The highest BCUT2D eigenvalue weighted by Crippen LogP contribution is 1.91. The summed E-state index contributed by atoms with van der Waals surface area (Å²) < 4.78 is 10.1. The van der Waals surface area contributed by atoms with Crippen LogP contribution in [-0.4, -0.2) is 10.2 Å². The Labute approximate surface area is 58.1 Å². The molecule has 5 heteroatoms. The first-order chi connectivity index (χ1) is 3.18. The molecule has 0 aromatic carbocycles. The molecule has 44 valence electrons. The van der Waals surface area contributed by atoms with Crippen LogP contribution in [0.5, 0.6) is 0 Å². The zero-order chi connectivity index (χ0) is 5.86. The highest BCUT2D eigenvalue weighted by atomic mass is 35.7. The third kappa shape index (κ3) is 3.47. The van der Waals surface area contributed by atoms with E-state index in [-0.39, 0.29) is 10.2 Å². The van der Waals surface area contributed by atoms with E-state index in [1.165, 1.54) is 0 Å². The summed E-state index contributed by atoms with van der Waals surface area (Å²) in [5.74, 6) is 0.0394. The third-order valence-corrected chi connectivity index (χ3v) is 2.68. The molecule has 0 spiro atoms. The van der Waals surface area contributed by atoms with Crippen molar-refractivity contribution in [1.29, 1.82) is 0 Å². The van der Waals surface area contributed by atoms with Crippen molar-refractivity contribution in [2.24, 2.45) is 0 Å². The molecule has 0 saturated carbocycles. The maximum absolute atomic E-state index is 10.00. The summed E-state index contributed by atoms with van der Waals surface area (Å²) in [5.41, 5.74) is 0. The SMILES string of the molecule is O=[S-](Cl)=C(Cl)CCl. The molecule has 1 nitrogen and oxygen atoms in total. The van der Waals surface area contributed by atoms with E-state index in [1.54, 1.807) is 0 Å². The van der Waals surface area contributed by atoms with Gasteiger partial charge in [-0.1, -0.05) is 0 Å². The summed E-state index contributed by atoms with van der Waals surface area (Å²) in [6, 6.07) is 0. The van der Waals surface area contributed by atoms with Gasteiger partial charge in [0.1, 0.15) is 0 Å². The van der Waals surface area contributed by atoms with Gasteiger partial charge in [-0.05, 0) is 4.32 Å². The van der Waals surface area contributed by atoms with E-state index in [1.807, 2.05) is 0 Å². The smallest absolute Gasteiger partial charge is 0.0370 e. The molecular weight excluding hydrogens is 178 g/mol. The lowest BCUT2D eigenvalue weighted by atomic mass is 11.0. The van der Waals surface area contributed by atoms with Gasteiger partial charge in [-0.2, -0.15) is 9.60 Å². The Hall–Kier alpha value is 0.890. The molecule has 0 amide bonds. The van der Waals surface area contributed by atoms with Crippen LogP contribution < -0.4 is 0 Å². The van der Waals surface area contributed by atoms with Crippen molar-refractivity contribution in [1.82, 2.24) is 0 Å². The maximum Gasteiger partial charge on any atom is 0.0370 e. The van der Waals surface area contributed by atoms with Gasteiger partial charge in [0.05, 0.1) is 0 Å². The first kappa shape index (κ1) is 7.89. The topological polar surface area (TPSA) is 17.1 Å². The highest BCUT2D eigenvalue weighted by molar-refractivity contribution is 8.09. The van der Waals surface area contributed by atoms with Crippen molar-refractivity contribution in [3.8, 4) is 0 Å². The molecular formula is C2H2Cl3OS-. The predicted molar refractivity (Wildman–Crippen MR) is 35.5 cm³/mol. The van der Waals surface area contributed by atoms with E-state index < -0.39 is 9.60 Å². The van der Waals surface area contributed by atoms with Gasteiger partial charge in [0, 0.05) is 5.88 Å². The highest BCUT2D eigenvalue weighted by Gasteiger charge is 1.76. The van der Waals surface area contributed by atoms with Gasteiger partial charge in [0.15, 0.2) is 0 Å². The van der Waals surface area contributed by atoms with Gasteiger partial charge in [0.2, 0.25) is 0 Å². The minimum absolute atomic E-state index is 0.0394. The van der Waals surface area contributed by atoms with Crippen LogP contribution in [-0.2, 0) is 13.8 Å². The monoisotopic (exact) mass is 179 g/mol. The van der Waals surface area contributed by atoms with E-state index in [0.717, 1.165) is 0 Å². The number of alkyl halides is 1. The van der Waals surface area contributed by atoms with Crippen LogP contribution in [0.4, 0.5) is 0 Å². The fraction of sp³-hybridized carbons (Fsp3) is 0.500. The van der Waals surface area contributed by atoms with Gasteiger partial charge >= 0.3 is 0 Å². The number of hydrogen-bond acceptors (Lipinski definition) is 2. The van der Waals surface area contributed by atoms with E-state index in [0.29, 0.717) is 0 Å². The summed E-state index contributed by atoms with van der Waals surface area (Å²) in [4.78, 5) is 0. The van der Waals surface area contributed by atoms with Crippen molar-refractivity contribution in [2.75, 3.05) is 5.88 Å². The molecule has 0 aliphatic carbocycles. The van der Waals surface area contributed by atoms with Crippen LogP contribution in [0.2, 0.25) is 0 Å². The fourth-order valence-electron chi connectivity index (χ4n) is 0.0429. The number of halogens is 3. The number of hydrogen-bond donors (Lipinski definition) is 0. The minimum Gasteiger partial charge on any atom is -0.446 e. The molecule has 0 N–H and O–H groups in total. The fourth-order valence-corrected chi connectivity index (χ4v) is 0.757. The lowest BCUT2D eigenvalue weighted by molar-refractivity contribution is 0.609. The van der Waals surface area contributed by atoms with Crippen LogP contribution in [0.25, 0.3) is 0 Å². The molecule has 0 fully saturated rings. The molecule has 0 unspecified atom stereocenters. The molecule has 0 atom stereocenters. The first-order valence-corrected chi connectivity index (χ1v) is 4.22. The summed E-state index contributed by atoms with van der Waals surface area (Å²) in [6.45, 7) is 0. The molecule has 7 heavy (non-hydrogen) atoms. The number of rotatable bonds is 1. The van der Waals surface area contributed by atoms with Gasteiger partial charge in [-0.25, -0.2) is 10.7 Å². The first-order valence-electron chi connectivity index (χ1n) is 1.33. The lowest BCUT2D eigenvalue weighted by Crippen LogP contribution is -1.87. The Balaban J connectivity index is 4.00. The largest absolute Gasteiger partial charge is 0.446 e. The van der Waals surface area contributed by atoms with E-state index in [9.17, 15) is 4.21 Å². The third-order valence-electron chi connectivity index (χ3n) is 0.279. The molecule has 0 aliphatic rings. The van der Waals surface area contributed by atoms with Crippen molar-refractivity contribution in [2.45, 2.75) is 0 Å². The Bertz CT molecular complexity index is 125. The zero-order valence-corrected chi connectivity index (χ0v) is 6.24. The quantitative estimate of drug-likeness (QED) is 0.260. The molecule has 0 rings (SSSR count). The zero-order valence-electron chi connectivity index (χ0n) is 3.16. The lowest BCUT2D eigenvalue weighted by Gasteiger charge is -1.92. The molecule has 0 aliphatic heterocycles. The molecule has 0 bridgehead atoms. The van der Waals surface area contributed by atoms with E-state index >= 15 is 0 Å². The van der Waals surface area contributed by atoms with Crippen molar-refractivity contribution in [3.63, 3.8) is 0 Å². The van der Waals surface area contributed by atoms with Gasteiger partial charge < -0.3 is 4.21 Å². The molecule has 0 heterocycles. The summed E-state index contributed by atoms with van der Waals surface area (Å²) >= 11 is 10.3. The molecule has 0 aromatic rings. The maximum atomic E-state index is 10.00. The van der Waals surface area contributed by atoms with Gasteiger partial charge in [-0.3, -0.25) is 0 Å². The van der Waals surface area contributed by atoms with Crippen molar-refractivity contribution in [3.05, 3.63) is 0 Å².